The fourth-order valence-corrected chi connectivity index (χ4v) is 3.70. The highest BCUT2D eigenvalue weighted by Gasteiger charge is 2.46. The zero-order chi connectivity index (χ0) is 17.7. The SMILES string of the molecule is Nc1nc([C@]2(C(=O)O)C=CC=CC2CCOCc2ccccc2)cs1. The standard InChI is InChI=1S/C19H20N2O3S/c20-18-21-16(13-25-18)19(17(22)23)10-5-4-8-15(19)9-11-24-12-14-6-2-1-3-7-14/h1-8,10,13,15H,9,11-12H2,(H2,20,21)(H,22,23)/t15?,19-/m0/s1. The van der Waals surface area contributed by atoms with E-state index in [0.29, 0.717) is 30.5 Å². The third kappa shape index (κ3) is 3.65. The average Bonchev–Trinajstić information content (AvgIpc) is 3.06. The largest absolute Gasteiger partial charge is 0.480 e. The lowest BCUT2D eigenvalue weighted by molar-refractivity contribution is -0.143. The van der Waals surface area contributed by atoms with E-state index < -0.39 is 11.4 Å². The molecule has 1 heterocycles. The first-order valence-electron chi connectivity index (χ1n) is 8.05. The number of nitrogens with two attached hydrogens (primary N) is 1. The Kier molecular flexibility index (Phi) is 5.31. The minimum Gasteiger partial charge on any atom is -0.480 e. The lowest BCUT2D eigenvalue weighted by Gasteiger charge is -2.33. The molecule has 25 heavy (non-hydrogen) atoms. The van der Waals surface area contributed by atoms with Gasteiger partial charge < -0.3 is 15.6 Å². The average molecular weight is 356 g/mol. The first kappa shape index (κ1) is 17.4. The van der Waals surface area contributed by atoms with Gasteiger partial charge in [0.25, 0.3) is 0 Å². The summed E-state index contributed by atoms with van der Waals surface area (Å²) in [6, 6.07) is 9.90. The molecule has 130 valence electrons. The normalized spacial score (nSPS) is 22.2. The highest BCUT2D eigenvalue weighted by Crippen LogP contribution is 2.40. The van der Waals surface area contributed by atoms with E-state index in [1.54, 1.807) is 17.5 Å². The number of allylic oxidation sites excluding steroid dienone is 3. The third-order valence-corrected chi connectivity index (χ3v) is 5.06. The zero-order valence-corrected chi connectivity index (χ0v) is 14.5. The molecule has 3 N–H and O–H groups in total. The molecule has 3 rings (SSSR count). The molecule has 2 aromatic rings. The number of aromatic nitrogens is 1. The summed E-state index contributed by atoms with van der Waals surface area (Å²) in [5.41, 5.74) is 6.11. The predicted octanol–water partition coefficient (Wildman–Crippen LogP) is 3.40. The molecule has 0 amide bonds. The summed E-state index contributed by atoms with van der Waals surface area (Å²) in [5.74, 6) is -1.17. The number of aliphatic carboxylic acids is 1. The molecule has 1 aliphatic rings. The summed E-state index contributed by atoms with van der Waals surface area (Å²) in [6.45, 7) is 0.975. The summed E-state index contributed by atoms with van der Waals surface area (Å²) in [4.78, 5) is 16.4. The Morgan fingerprint density at radius 3 is 2.80 bits per heavy atom. The van der Waals surface area contributed by atoms with Crippen LogP contribution in [0.25, 0.3) is 0 Å². The highest BCUT2D eigenvalue weighted by atomic mass is 32.1. The van der Waals surface area contributed by atoms with E-state index in [1.807, 2.05) is 42.5 Å². The van der Waals surface area contributed by atoms with Crippen molar-refractivity contribution >= 4 is 22.4 Å². The number of ether oxygens (including phenoxy) is 1. The van der Waals surface area contributed by atoms with Crippen LogP contribution >= 0.6 is 11.3 Å². The van der Waals surface area contributed by atoms with Gasteiger partial charge in [0.15, 0.2) is 5.13 Å². The molecule has 1 unspecified atom stereocenters. The van der Waals surface area contributed by atoms with Crippen molar-refractivity contribution in [3.05, 3.63) is 71.3 Å². The van der Waals surface area contributed by atoms with Crippen molar-refractivity contribution in [1.29, 1.82) is 0 Å². The quantitative estimate of drug-likeness (QED) is 0.743. The van der Waals surface area contributed by atoms with Crippen LogP contribution in [0.15, 0.2) is 60.0 Å². The number of hydrogen-bond donors (Lipinski definition) is 2. The van der Waals surface area contributed by atoms with Crippen molar-refractivity contribution in [2.24, 2.45) is 5.92 Å². The van der Waals surface area contributed by atoms with Crippen LogP contribution in [0, 0.1) is 5.92 Å². The Labute approximate surface area is 150 Å². The smallest absolute Gasteiger partial charge is 0.320 e. The van der Waals surface area contributed by atoms with Gasteiger partial charge >= 0.3 is 5.97 Å². The Morgan fingerprint density at radius 2 is 2.12 bits per heavy atom. The second kappa shape index (κ2) is 7.63. The van der Waals surface area contributed by atoms with Gasteiger partial charge in [0.2, 0.25) is 0 Å². The first-order valence-corrected chi connectivity index (χ1v) is 8.93. The van der Waals surface area contributed by atoms with Gasteiger partial charge in [-0.05, 0) is 12.0 Å². The van der Waals surface area contributed by atoms with Crippen LogP contribution in [-0.2, 0) is 21.6 Å². The number of carbonyl (C=O) groups is 1. The van der Waals surface area contributed by atoms with Gasteiger partial charge in [-0.3, -0.25) is 4.79 Å². The van der Waals surface area contributed by atoms with Crippen LogP contribution in [0.1, 0.15) is 17.7 Å². The molecule has 5 nitrogen and oxygen atoms in total. The minimum atomic E-state index is -1.20. The van der Waals surface area contributed by atoms with E-state index in [2.05, 4.69) is 4.98 Å². The third-order valence-electron chi connectivity index (χ3n) is 4.38. The molecule has 0 bridgehead atoms. The molecule has 0 spiro atoms. The second-order valence-corrected chi connectivity index (χ2v) is 6.81. The number of anilines is 1. The second-order valence-electron chi connectivity index (χ2n) is 5.92. The minimum absolute atomic E-state index is 0.243. The molecule has 1 aromatic carbocycles. The van der Waals surface area contributed by atoms with E-state index in [1.165, 1.54) is 11.3 Å². The van der Waals surface area contributed by atoms with Gasteiger partial charge in [-0.1, -0.05) is 54.6 Å². The summed E-state index contributed by atoms with van der Waals surface area (Å²) in [6.07, 6.45) is 7.82. The molecule has 6 heteroatoms. The van der Waals surface area contributed by atoms with Gasteiger partial charge in [-0.15, -0.1) is 11.3 Å². The van der Waals surface area contributed by atoms with Crippen LogP contribution in [-0.4, -0.2) is 22.7 Å². The Balaban J connectivity index is 1.71. The number of thiazole rings is 1. The molecule has 1 aromatic heterocycles. The predicted molar refractivity (Wildman–Crippen MR) is 98.3 cm³/mol. The lowest BCUT2D eigenvalue weighted by Crippen LogP contribution is -2.42. The van der Waals surface area contributed by atoms with Gasteiger partial charge in [0.05, 0.1) is 12.3 Å². The number of carboxylic acid groups (broad SMARTS) is 1. The van der Waals surface area contributed by atoms with Crippen LogP contribution < -0.4 is 5.73 Å². The monoisotopic (exact) mass is 356 g/mol. The molecular formula is C19H20N2O3S. The molecule has 1 aliphatic carbocycles. The summed E-state index contributed by atoms with van der Waals surface area (Å²) in [5, 5.41) is 12.1. The van der Waals surface area contributed by atoms with E-state index in [4.69, 9.17) is 10.5 Å². The van der Waals surface area contributed by atoms with E-state index in [-0.39, 0.29) is 5.92 Å². The van der Waals surface area contributed by atoms with Crippen molar-refractivity contribution < 1.29 is 14.6 Å². The van der Waals surface area contributed by atoms with E-state index in [0.717, 1.165) is 5.56 Å². The first-order chi connectivity index (χ1) is 12.1. The summed E-state index contributed by atoms with van der Waals surface area (Å²) >= 11 is 1.26. The topological polar surface area (TPSA) is 85.4 Å². The van der Waals surface area contributed by atoms with Crippen molar-refractivity contribution in [2.75, 3.05) is 12.3 Å². The zero-order valence-electron chi connectivity index (χ0n) is 13.7. The Morgan fingerprint density at radius 1 is 1.32 bits per heavy atom. The van der Waals surface area contributed by atoms with Gasteiger partial charge in [-0.25, -0.2) is 4.98 Å². The van der Waals surface area contributed by atoms with Crippen LogP contribution in [0.3, 0.4) is 0 Å². The molecule has 0 fully saturated rings. The van der Waals surface area contributed by atoms with Crippen molar-refractivity contribution in [3.63, 3.8) is 0 Å². The van der Waals surface area contributed by atoms with Crippen LogP contribution in [0.5, 0.6) is 0 Å². The number of benzene rings is 1. The molecule has 0 saturated carbocycles. The number of hydrogen-bond acceptors (Lipinski definition) is 5. The van der Waals surface area contributed by atoms with Crippen molar-refractivity contribution in [3.8, 4) is 0 Å². The fraction of sp³-hybridized carbons (Fsp3) is 0.263. The molecule has 0 aliphatic heterocycles. The molecule has 0 saturated heterocycles. The van der Waals surface area contributed by atoms with Gasteiger partial charge in [0, 0.05) is 17.9 Å². The van der Waals surface area contributed by atoms with Gasteiger partial charge in [-0.2, -0.15) is 0 Å². The molecule has 2 atom stereocenters. The van der Waals surface area contributed by atoms with Crippen LogP contribution in [0.2, 0.25) is 0 Å². The molecular weight excluding hydrogens is 336 g/mol. The fourth-order valence-electron chi connectivity index (χ4n) is 3.07. The molecule has 0 radical (unpaired) electrons. The van der Waals surface area contributed by atoms with Crippen molar-refractivity contribution in [1.82, 2.24) is 4.98 Å². The van der Waals surface area contributed by atoms with E-state index >= 15 is 0 Å². The maximum atomic E-state index is 12.1. The van der Waals surface area contributed by atoms with E-state index in [9.17, 15) is 9.90 Å². The highest BCUT2D eigenvalue weighted by molar-refractivity contribution is 7.13. The number of rotatable bonds is 7. The lowest BCUT2D eigenvalue weighted by atomic mass is 9.69. The number of nitrogen functional groups attached to an aromatic ring is 1. The number of nitrogens with zero attached hydrogens (tertiary/aromatic N) is 1. The van der Waals surface area contributed by atoms with Crippen LogP contribution in [0.4, 0.5) is 5.13 Å². The Hall–Kier alpha value is -2.44. The summed E-state index contributed by atoms with van der Waals surface area (Å²) in [7, 11) is 0. The van der Waals surface area contributed by atoms with Gasteiger partial charge in [0.1, 0.15) is 5.41 Å². The maximum absolute atomic E-state index is 12.1. The van der Waals surface area contributed by atoms with Crippen molar-refractivity contribution in [2.45, 2.75) is 18.4 Å². The number of carboxylic acids is 1. The maximum Gasteiger partial charge on any atom is 0.320 e. The summed E-state index contributed by atoms with van der Waals surface area (Å²) < 4.78 is 5.74. The Bertz CT molecular complexity index is 785.